The Labute approximate surface area is 176 Å². The molecule has 4 aromatic rings. The number of alkyl halides is 3. The smallest absolute Gasteiger partial charge is 0.355 e. The number of fused-ring (bicyclic) bond motifs is 1. The number of hydrogen-bond acceptors (Lipinski definition) is 5. The van der Waals surface area contributed by atoms with E-state index in [0.717, 1.165) is 18.1 Å². The number of anilines is 1. The molecule has 3 heterocycles. The summed E-state index contributed by atoms with van der Waals surface area (Å²) >= 11 is 0. The number of H-pyrrole nitrogens is 1. The maximum atomic E-state index is 13.8. The molecular formula is C22H21F3N6. The van der Waals surface area contributed by atoms with Crippen molar-refractivity contribution in [3.05, 3.63) is 71.9 Å². The van der Waals surface area contributed by atoms with E-state index in [1.807, 2.05) is 35.2 Å². The van der Waals surface area contributed by atoms with Crippen molar-refractivity contribution in [3.8, 4) is 11.4 Å². The van der Waals surface area contributed by atoms with Gasteiger partial charge in [-0.1, -0.05) is 30.3 Å². The monoisotopic (exact) mass is 426 g/mol. The van der Waals surface area contributed by atoms with Gasteiger partial charge in [0, 0.05) is 31.2 Å². The average Bonchev–Trinajstić information content (AvgIpc) is 3.20. The van der Waals surface area contributed by atoms with Gasteiger partial charge in [0.25, 0.3) is 0 Å². The first-order valence-electron chi connectivity index (χ1n) is 9.84. The van der Waals surface area contributed by atoms with E-state index in [-0.39, 0.29) is 11.4 Å². The van der Waals surface area contributed by atoms with Crippen LogP contribution in [0, 0.1) is 0 Å². The number of aromatic amines is 1. The number of nitrogens with two attached hydrogens (primary N) is 1. The van der Waals surface area contributed by atoms with Crippen molar-refractivity contribution in [2.45, 2.75) is 12.6 Å². The van der Waals surface area contributed by atoms with Crippen LogP contribution in [0.3, 0.4) is 0 Å². The lowest BCUT2D eigenvalue weighted by atomic mass is 10.1. The van der Waals surface area contributed by atoms with E-state index in [1.165, 1.54) is 12.3 Å². The molecule has 31 heavy (non-hydrogen) atoms. The summed E-state index contributed by atoms with van der Waals surface area (Å²) < 4.78 is 41.3. The molecule has 0 aliphatic heterocycles. The van der Waals surface area contributed by atoms with Crippen LogP contribution in [-0.4, -0.2) is 39.8 Å². The van der Waals surface area contributed by atoms with E-state index in [0.29, 0.717) is 36.5 Å². The van der Waals surface area contributed by atoms with Crippen molar-refractivity contribution >= 4 is 16.9 Å². The van der Waals surface area contributed by atoms with Gasteiger partial charge in [-0.25, -0.2) is 9.97 Å². The molecule has 0 atom stereocenters. The zero-order valence-corrected chi connectivity index (χ0v) is 16.6. The van der Waals surface area contributed by atoms with Crippen molar-refractivity contribution in [3.63, 3.8) is 0 Å². The minimum atomic E-state index is -4.57. The molecule has 0 spiro atoms. The third-order valence-electron chi connectivity index (χ3n) is 4.99. The van der Waals surface area contributed by atoms with E-state index < -0.39 is 11.7 Å². The molecule has 0 amide bonds. The Morgan fingerprint density at radius 2 is 1.77 bits per heavy atom. The normalized spacial score (nSPS) is 11.7. The second kappa shape index (κ2) is 8.73. The second-order valence-corrected chi connectivity index (χ2v) is 7.05. The minimum absolute atomic E-state index is 0.188. The van der Waals surface area contributed by atoms with Crippen molar-refractivity contribution in [1.29, 1.82) is 0 Å². The van der Waals surface area contributed by atoms with Gasteiger partial charge in [-0.2, -0.15) is 18.3 Å². The molecule has 0 unspecified atom stereocenters. The third kappa shape index (κ3) is 4.51. The summed E-state index contributed by atoms with van der Waals surface area (Å²) in [6.45, 7) is 1.39. The Balaban J connectivity index is 1.75. The Hall–Kier alpha value is -3.46. The van der Waals surface area contributed by atoms with Gasteiger partial charge in [0.2, 0.25) is 0 Å². The van der Waals surface area contributed by atoms with E-state index in [4.69, 9.17) is 5.73 Å². The summed E-state index contributed by atoms with van der Waals surface area (Å²) in [4.78, 5) is 10.4. The Morgan fingerprint density at radius 3 is 2.52 bits per heavy atom. The van der Waals surface area contributed by atoms with Crippen LogP contribution in [0.1, 0.15) is 11.1 Å². The molecule has 0 saturated heterocycles. The summed E-state index contributed by atoms with van der Waals surface area (Å²) in [7, 11) is 0. The highest BCUT2D eigenvalue weighted by atomic mass is 19.4. The van der Waals surface area contributed by atoms with Crippen LogP contribution in [0.4, 0.5) is 19.0 Å². The number of pyridine rings is 2. The predicted octanol–water partition coefficient (Wildman–Crippen LogP) is 4.05. The highest BCUT2D eigenvalue weighted by Crippen LogP contribution is 2.38. The Morgan fingerprint density at radius 1 is 0.968 bits per heavy atom. The number of halogens is 3. The molecule has 0 saturated carbocycles. The van der Waals surface area contributed by atoms with Crippen LogP contribution in [0.15, 0.2) is 60.8 Å². The fourth-order valence-corrected chi connectivity index (χ4v) is 3.48. The van der Waals surface area contributed by atoms with Gasteiger partial charge in [-0.3, -0.25) is 5.10 Å². The number of nitrogens with zero attached hydrogens (tertiary/aromatic N) is 4. The highest BCUT2D eigenvalue weighted by molar-refractivity contribution is 5.90. The molecule has 0 aliphatic rings. The number of aromatic nitrogens is 4. The van der Waals surface area contributed by atoms with Gasteiger partial charge in [0.15, 0.2) is 5.65 Å². The number of nitrogens with one attached hydrogen (secondary N) is 1. The topological polar surface area (TPSA) is 83.7 Å². The summed E-state index contributed by atoms with van der Waals surface area (Å²) in [5, 5.41) is 7.19. The van der Waals surface area contributed by atoms with Gasteiger partial charge in [0.05, 0.1) is 11.3 Å². The van der Waals surface area contributed by atoms with Gasteiger partial charge >= 0.3 is 6.18 Å². The Kier molecular flexibility index (Phi) is 5.85. The summed E-state index contributed by atoms with van der Waals surface area (Å²) in [5.41, 5.74) is 6.38. The first-order chi connectivity index (χ1) is 15.0. The van der Waals surface area contributed by atoms with Crippen LogP contribution in [0.5, 0.6) is 0 Å². The van der Waals surface area contributed by atoms with Crippen LogP contribution >= 0.6 is 0 Å². The molecule has 6 nitrogen and oxygen atoms in total. The van der Waals surface area contributed by atoms with Crippen molar-refractivity contribution in [2.75, 3.05) is 24.5 Å². The molecule has 9 heteroatoms. The summed E-state index contributed by atoms with van der Waals surface area (Å²) in [6.07, 6.45) is -2.31. The third-order valence-corrected chi connectivity index (χ3v) is 4.99. The largest absolute Gasteiger partial charge is 0.418 e. The fourth-order valence-electron chi connectivity index (χ4n) is 3.48. The first-order valence-corrected chi connectivity index (χ1v) is 9.84. The lowest BCUT2D eigenvalue weighted by Gasteiger charge is -2.24. The van der Waals surface area contributed by atoms with Crippen LogP contribution in [-0.2, 0) is 12.6 Å². The maximum absolute atomic E-state index is 13.8. The van der Waals surface area contributed by atoms with Gasteiger partial charge in [-0.15, -0.1) is 0 Å². The van der Waals surface area contributed by atoms with Crippen molar-refractivity contribution in [2.24, 2.45) is 5.73 Å². The van der Waals surface area contributed by atoms with Gasteiger partial charge in [-0.05, 0) is 36.2 Å². The van der Waals surface area contributed by atoms with Gasteiger partial charge in [0.1, 0.15) is 11.5 Å². The first kappa shape index (κ1) is 20.8. The standard InChI is InChI=1S/C22H21F3N6/c23-22(24,25)17-8-9-18(31(14-11-26)13-10-15-5-2-1-3-6-15)28-20(17)19-16-7-4-12-27-21(16)30-29-19/h1-9,12H,10-11,13-14,26H2,(H,27,29,30). The van der Waals surface area contributed by atoms with Crippen molar-refractivity contribution in [1.82, 2.24) is 20.2 Å². The molecule has 0 radical (unpaired) electrons. The molecule has 0 bridgehead atoms. The second-order valence-electron chi connectivity index (χ2n) is 7.05. The summed E-state index contributed by atoms with van der Waals surface area (Å²) in [5.74, 6) is 0.427. The lowest BCUT2D eigenvalue weighted by Crippen LogP contribution is -2.32. The van der Waals surface area contributed by atoms with E-state index in [9.17, 15) is 13.2 Å². The summed E-state index contributed by atoms with van der Waals surface area (Å²) in [6, 6.07) is 15.6. The molecule has 1 aromatic carbocycles. The lowest BCUT2D eigenvalue weighted by molar-refractivity contribution is -0.137. The molecule has 0 aliphatic carbocycles. The van der Waals surface area contributed by atoms with Crippen molar-refractivity contribution < 1.29 is 13.2 Å². The maximum Gasteiger partial charge on any atom is 0.418 e. The SMILES string of the molecule is NCCN(CCc1ccccc1)c1ccc(C(F)(F)F)c(-c2[nH]nc3ncccc23)n1. The molecule has 3 aromatic heterocycles. The van der Waals surface area contributed by atoms with E-state index in [1.54, 1.807) is 12.1 Å². The number of hydrogen-bond donors (Lipinski definition) is 2. The number of benzene rings is 1. The zero-order chi connectivity index (χ0) is 21.8. The van der Waals surface area contributed by atoms with Gasteiger partial charge < -0.3 is 10.6 Å². The van der Waals surface area contributed by atoms with Crippen LogP contribution < -0.4 is 10.6 Å². The van der Waals surface area contributed by atoms with E-state index >= 15 is 0 Å². The van der Waals surface area contributed by atoms with Crippen LogP contribution in [0.2, 0.25) is 0 Å². The quantitative estimate of drug-likeness (QED) is 0.466. The fraction of sp³-hybridized carbons (Fsp3) is 0.227. The zero-order valence-electron chi connectivity index (χ0n) is 16.6. The molecule has 0 fully saturated rings. The molecule has 4 rings (SSSR count). The molecular weight excluding hydrogens is 405 g/mol. The average molecular weight is 426 g/mol. The minimum Gasteiger partial charge on any atom is -0.355 e. The van der Waals surface area contributed by atoms with E-state index in [2.05, 4.69) is 20.2 Å². The predicted molar refractivity (Wildman–Crippen MR) is 114 cm³/mol. The van der Waals surface area contributed by atoms with Crippen LogP contribution in [0.25, 0.3) is 22.4 Å². The molecule has 160 valence electrons. The number of rotatable bonds is 7. The highest BCUT2D eigenvalue weighted by Gasteiger charge is 2.36. The molecule has 3 N–H and O–H groups in total. The Bertz CT molecular complexity index is 1160.